The number of hydrogen-bond acceptors (Lipinski definition) is 0. The number of rotatable bonds is 3. The second-order valence-corrected chi connectivity index (χ2v) is 8.76. The predicted molar refractivity (Wildman–Crippen MR) is 145 cm³/mol. The summed E-state index contributed by atoms with van der Waals surface area (Å²) in [6.45, 7) is 6.19. The van der Waals surface area contributed by atoms with Gasteiger partial charge < -0.3 is 0 Å². The topological polar surface area (TPSA) is 0 Å². The van der Waals surface area contributed by atoms with Crippen molar-refractivity contribution < 1.29 is 0 Å². The molecule has 0 unspecified atom stereocenters. The molecule has 0 saturated heterocycles. The van der Waals surface area contributed by atoms with Gasteiger partial charge in [0.1, 0.15) is 0 Å². The minimum absolute atomic E-state index is 1.08. The van der Waals surface area contributed by atoms with Gasteiger partial charge in [0.15, 0.2) is 0 Å². The summed E-state index contributed by atoms with van der Waals surface area (Å²) in [5.41, 5.74) is 7.20. The van der Waals surface area contributed by atoms with Crippen LogP contribution in [-0.2, 0) is 0 Å². The Labute approximate surface area is 194 Å². The molecule has 0 heteroatoms. The van der Waals surface area contributed by atoms with Crippen LogP contribution < -0.4 is 0 Å². The van der Waals surface area contributed by atoms with Crippen LogP contribution in [0.5, 0.6) is 0 Å². The van der Waals surface area contributed by atoms with Crippen LogP contribution in [0, 0.1) is 0 Å². The summed E-state index contributed by atoms with van der Waals surface area (Å²) in [6.07, 6.45) is 0. The molecule has 33 heavy (non-hydrogen) atoms. The van der Waals surface area contributed by atoms with Gasteiger partial charge in [-0.3, -0.25) is 0 Å². The number of fused-ring (bicyclic) bond motifs is 6. The Morgan fingerprint density at radius 1 is 0.455 bits per heavy atom. The molecule has 6 aromatic carbocycles. The van der Waals surface area contributed by atoms with Gasteiger partial charge in [0.25, 0.3) is 0 Å². The van der Waals surface area contributed by atoms with Crippen molar-refractivity contribution in [2.45, 2.75) is 6.92 Å². The maximum Gasteiger partial charge on any atom is -0.00928 e. The third kappa shape index (κ3) is 3.23. The molecule has 0 bridgehead atoms. The molecule has 0 amide bonds. The molecule has 0 heterocycles. The van der Waals surface area contributed by atoms with Gasteiger partial charge in [-0.2, -0.15) is 0 Å². The van der Waals surface area contributed by atoms with Crippen LogP contribution in [0.3, 0.4) is 0 Å². The summed E-state index contributed by atoms with van der Waals surface area (Å²) in [4.78, 5) is 0. The molecule has 0 aliphatic carbocycles. The molecular weight excluding hydrogens is 396 g/mol. The molecule has 0 radical (unpaired) electrons. The molecule has 0 spiro atoms. The average molecular weight is 421 g/mol. The van der Waals surface area contributed by atoms with Gasteiger partial charge in [0.05, 0.1) is 0 Å². The lowest BCUT2D eigenvalue weighted by molar-refractivity contribution is 1.55. The Morgan fingerprint density at radius 3 is 1.52 bits per heavy atom. The van der Waals surface area contributed by atoms with E-state index < -0.39 is 0 Å². The normalized spacial score (nSPS) is 11.3. The highest BCUT2D eigenvalue weighted by atomic mass is 14.2. The standard InChI is InChI=1S/C33H24/c1-22(2)23-10-9-11-24(20-23)26-12-3-4-13-27(26)25-18-19-32-30-16-6-5-14-28(30)29-15-7-8-17-31(29)33(32)21-25/h3-21H,1H2,2H3. The first kappa shape index (κ1) is 19.5. The van der Waals surface area contributed by atoms with Gasteiger partial charge in [-0.1, -0.05) is 115 Å². The molecule has 6 rings (SSSR count). The maximum atomic E-state index is 4.13. The SMILES string of the molecule is C=C(C)c1cccc(-c2ccccc2-c2ccc3c4ccccc4c4ccccc4c3c2)c1. The van der Waals surface area contributed by atoms with Crippen LogP contribution >= 0.6 is 0 Å². The van der Waals surface area contributed by atoms with E-state index in [1.165, 1.54) is 60.1 Å². The van der Waals surface area contributed by atoms with Crippen molar-refractivity contribution in [1.82, 2.24) is 0 Å². The fourth-order valence-electron chi connectivity index (χ4n) is 5.01. The monoisotopic (exact) mass is 420 g/mol. The lowest BCUT2D eigenvalue weighted by atomic mass is 9.89. The third-order valence-corrected chi connectivity index (χ3v) is 6.65. The van der Waals surface area contributed by atoms with Gasteiger partial charge >= 0.3 is 0 Å². The summed E-state index contributed by atoms with van der Waals surface area (Å²) < 4.78 is 0. The summed E-state index contributed by atoms with van der Waals surface area (Å²) in [6, 6.07) is 41.8. The van der Waals surface area contributed by atoms with E-state index >= 15 is 0 Å². The third-order valence-electron chi connectivity index (χ3n) is 6.65. The maximum absolute atomic E-state index is 4.13. The van der Waals surface area contributed by atoms with Crippen molar-refractivity contribution in [2.75, 3.05) is 0 Å². The van der Waals surface area contributed by atoms with Gasteiger partial charge in [-0.25, -0.2) is 0 Å². The van der Waals surface area contributed by atoms with E-state index in [9.17, 15) is 0 Å². The van der Waals surface area contributed by atoms with Crippen LogP contribution in [0.2, 0.25) is 0 Å². The first-order chi connectivity index (χ1) is 16.2. The summed E-state index contributed by atoms with van der Waals surface area (Å²) in [5, 5.41) is 7.82. The fourth-order valence-corrected chi connectivity index (χ4v) is 5.01. The Bertz CT molecular complexity index is 1650. The van der Waals surface area contributed by atoms with Crippen molar-refractivity contribution in [3.05, 3.63) is 127 Å². The average Bonchev–Trinajstić information content (AvgIpc) is 2.88. The lowest BCUT2D eigenvalue weighted by Crippen LogP contribution is -1.88. The largest absolute Gasteiger partial charge is 0.0955 e. The zero-order chi connectivity index (χ0) is 22.4. The number of allylic oxidation sites excluding steroid dienone is 1. The number of benzene rings is 6. The van der Waals surface area contributed by atoms with Crippen molar-refractivity contribution in [3.8, 4) is 22.3 Å². The summed E-state index contributed by atoms with van der Waals surface area (Å²) >= 11 is 0. The first-order valence-electron chi connectivity index (χ1n) is 11.4. The van der Waals surface area contributed by atoms with Gasteiger partial charge in [-0.15, -0.1) is 0 Å². The number of hydrogen-bond donors (Lipinski definition) is 0. The van der Waals surface area contributed by atoms with E-state index in [2.05, 4.69) is 129 Å². The van der Waals surface area contributed by atoms with Gasteiger partial charge in [0.2, 0.25) is 0 Å². The van der Waals surface area contributed by atoms with Crippen LogP contribution in [0.15, 0.2) is 122 Å². The fraction of sp³-hybridized carbons (Fsp3) is 0.0303. The van der Waals surface area contributed by atoms with Crippen LogP contribution in [-0.4, -0.2) is 0 Å². The van der Waals surface area contributed by atoms with E-state index in [4.69, 9.17) is 0 Å². The van der Waals surface area contributed by atoms with Crippen LogP contribution in [0.1, 0.15) is 12.5 Å². The van der Waals surface area contributed by atoms with Crippen molar-refractivity contribution in [3.63, 3.8) is 0 Å². The molecule has 0 aromatic heterocycles. The molecule has 6 aromatic rings. The van der Waals surface area contributed by atoms with E-state index in [1.54, 1.807) is 0 Å². The molecule has 0 aliphatic heterocycles. The second kappa shape index (κ2) is 7.76. The summed E-state index contributed by atoms with van der Waals surface area (Å²) in [5.74, 6) is 0. The van der Waals surface area contributed by atoms with E-state index in [0.717, 1.165) is 5.57 Å². The van der Waals surface area contributed by atoms with Crippen molar-refractivity contribution in [2.24, 2.45) is 0 Å². The predicted octanol–water partition coefficient (Wildman–Crippen LogP) is 9.51. The Kier molecular flexibility index (Phi) is 4.59. The van der Waals surface area contributed by atoms with Gasteiger partial charge in [0, 0.05) is 0 Å². The molecule has 0 N–H and O–H groups in total. The Hall–Kier alpha value is -4.16. The van der Waals surface area contributed by atoms with Crippen molar-refractivity contribution >= 4 is 37.9 Å². The quantitative estimate of drug-likeness (QED) is 0.250. The molecule has 0 fully saturated rings. The van der Waals surface area contributed by atoms with E-state index in [0.29, 0.717) is 0 Å². The first-order valence-corrected chi connectivity index (χ1v) is 11.4. The van der Waals surface area contributed by atoms with Crippen molar-refractivity contribution in [1.29, 1.82) is 0 Å². The Balaban J connectivity index is 1.63. The Morgan fingerprint density at radius 2 is 0.939 bits per heavy atom. The molecular formula is C33H24. The molecule has 0 aliphatic rings. The molecule has 0 nitrogen and oxygen atoms in total. The van der Waals surface area contributed by atoms with Crippen LogP contribution in [0.4, 0.5) is 0 Å². The van der Waals surface area contributed by atoms with Crippen LogP contribution in [0.25, 0.3) is 60.1 Å². The highest BCUT2D eigenvalue weighted by molar-refractivity contribution is 6.25. The minimum atomic E-state index is 1.08. The lowest BCUT2D eigenvalue weighted by Gasteiger charge is -2.14. The molecule has 0 atom stereocenters. The zero-order valence-corrected chi connectivity index (χ0v) is 18.7. The molecule has 156 valence electrons. The smallest absolute Gasteiger partial charge is 0.00928 e. The minimum Gasteiger partial charge on any atom is -0.0955 e. The second-order valence-electron chi connectivity index (χ2n) is 8.76. The van der Waals surface area contributed by atoms with E-state index in [-0.39, 0.29) is 0 Å². The van der Waals surface area contributed by atoms with Gasteiger partial charge in [-0.05, 0) is 79.2 Å². The summed E-state index contributed by atoms with van der Waals surface area (Å²) in [7, 11) is 0. The van der Waals surface area contributed by atoms with E-state index in [1.807, 2.05) is 0 Å². The zero-order valence-electron chi connectivity index (χ0n) is 18.7. The molecule has 0 saturated carbocycles. The highest BCUT2D eigenvalue weighted by Crippen LogP contribution is 2.39. The highest BCUT2D eigenvalue weighted by Gasteiger charge is 2.12.